The molecule has 1 aliphatic rings. The third kappa shape index (κ3) is 4.05. The Hall–Kier alpha value is -1.58. The molecule has 142 valence electrons. The van der Waals surface area contributed by atoms with Crippen molar-refractivity contribution in [3.63, 3.8) is 0 Å². The Morgan fingerprint density at radius 2 is 1.96 bits per heavy atom. The van der Waals surface area contributed by atoms with Crippen LogP contribution in [-0.2, 0) is 16.5 Å². The third-order valence-corrected chi connectivity index (χ3v) is 7.21. The first-order chi connectivity index (χ1) is 12.3. The fourth-order valence-electron chi connectivity index (χ4n) is 3.37. The Morgan fingerprint density at radius 1 is 1.27 bits per heavy atom. The number of hydrogen-bond acceptors (Lipinski definition) is 5. The molecule has 1 aromatic carbocycles. The molecule has 1 unspecified atom stereocenters. The summed E-state index contributed by atoms with van der Waals surface area (Å²) in [6.45, 7) is 7.71. The van der Waals surface area contributed by atoms with Crippen LogP contribution in [0.15, 0.2) is 24.3 Å². The molecule has 0 bridgehead atoms. The van der Waals surface area contributed by atoms with Crippen molar-refractivity contribution < 1.29 is 13.3 Å². The van der Waals surface area contributed by atoms with Gasteiger partial charge in [0, 0.05) is 6.42 Å². The van der Waals surface area contributed by atoms with Crippen LogP contribution in [0.2, 0.25) is 0 Å². The minimum absolute atomic E-state index is 0.0994. The van der Waals surface area contributed by atoms with Crippen molar-refractivity contribution >= 4 is 22.1 Å². The second-order valence-electron chi connectivity index (χ2n) is 7.19. The van der Waals surface area contributed by atoms with Crippen molar-refractivity contribution in [1.82, 2.24) is 19.8 Å². The molecular formula is C17H26N5O2S2+. The van der Waals surface area contributed by atoms with Crippen LogP contribution in [0.25, 0.3) is 5.69 Å². The Kier molecular flexibility index (Phi) is 5.59. The average molecular weight is 397 g/mol. The van der Waals surface area contributed by atoms with Crippen LogP contribution in [0.1, 0.15) is 38.7 Å². The lowest BCUT2D eigenvalue weighted by atomic mass is 10.0. The van der Waals surface area contributed by atoms with E-state index in [0.717, 1.165) is 12.2 Å². The van der Waals surface area contributed by atoms with E-state index in [1.54, 1.807) is 9.36 Å². The zero-order valence-electron chi connectivity index (χ0n) is 15.4. The number of quaternary nitrogens is 1. The van der Waals surface area contributed by atoms with Gasteiger partial charge in [0.25, 0.3) is 0 Å². The molecule has 0 saturated carbocycles. The largest absolute Gasteiger partial charge is 0.313 e. The van der Waals surface area contributed by atoms with Crippen LogP contribution in [-0.4, -0.2) is 52.3 Å². The second-order valence-corrected chi connectivity index (χ2v) is 9.78. The SMILES string of the molecule is CC[NH+](Cn1nnn(-c2ccc(C(C)C)cc2)c1=S)[C@@H]1CCS(=O)(=O)C1. The summed E-state index contributed by atoms with van der Waals surface area (Å²) < 4.78 is 27.4. The molecule has 0 spiro atoms. The summed E-state index contributed by atoms with van der Waals surface area (Å²) in [4.78, 5) is 1.17. The van der Waals surface area contributed by atoms with Crippen LogP contribution in [0.4, 0.5) is 0 Å². The lowest BCUT2D eigenvalue weighted by Crippen LogP contribution is -3.15. The summed E-state index contributed by atoms with van der Waals surface area (Å²) in [7, 11) is -2.90. The number of sulfone groups is 1. The molecule has 9 heteroatoms. The van der Waals surface area contributed by atoms with Crippen LogP contribution >= 0.6 is 12.2 Å². The number of nitrogens with one attached hydrogen (secondary N) is 1. The van der Waals surface area contributed by atoms with Crippen molar-refractivity contribution in [3.05, 3.63) is 34.6 Å². The van der Waals surface area contributed by atoms with Gasteiger partial charge in [-0.3, -0.25) is 0 Å². The van der Waals surface area contributed by atoms with Crippen molar-refractivity contribution in [3.8, 4) is 5.69 Å². The molecule has 7 nitrogen and oxygen atoms in total. The van der Waals surface area contributed by atoms with E-state index in [1.807, 2.05) is 12.1 Å². The zero-order chi connectivity index (χ0) is 18.9. The van der Waals surface area contributed by atoms with Gasteiger partial charge in [-0.05, 0) is 53.2 Å². The van der Waals surface area contributed by atoms with Gasteiger partial charge >= 0.3 is 0 Å². The summed E-state index contributed by atoms with van der Waals surface area (Å²) in [5.41, 5.74) is 2.14. The van der Waals surface area contributed by atoms with E-state index < -0.39 is 9.84 Å². The second kappa shape index (κ2) is 7.58. The molecule has 1 saturated heterocycles. The van der Waals surface area contributed by atoms with E-state index in [0.29, 0.717) is 23.8 Å². The standard InChI is InChI=1S/C17H25N5O2S2/c1-4-20(16-9-10-26(23,24)11-16)12-21-17(25)22(19-18-21)15-7-5-14(6-8-15)13(2)3/h5-8,13,16H,4,9-12H2,1-3H3/p+1/t16-/m1/s1. The van der Waals surface area contributed by atoms with Crippen molar-refractivity contribution in [1.29, 1.82) is 0 Å². The summed E-state index contributed by atoms with van der Waals surface area (Å²) in [6, 6.07) is 8.25. The number of rotatable bonds is 6. The quantitative estimate of drug-likeness (QED) is 0.737. The minimum atomic E-state index is -2.90. The van der Waals surface area contributed by atoms with Gasteiger partial charge in [0.2, 0.25) is 4.77 Å². The van der Waals surface area contributed by atoms with Gasteiger partial charge in [-0.15, -0.1) is 0 Å². The number of aromatic nitrogens is 4. The lowest BCUT2D eigenvalue weighted by molar-refractivity contribution is -0.943. The normalized spacial score (nSPS) is 20.5. The Balaban J connectivity index is 1.79. The molecule has 26 heavy (non-hydrogen) atoms. The Morgan fingerprint density at radius 3 is 2.50 bits per heavy atom. The van der Waals surface area contributed by atoms with Gasteiger partial charge < -0.3 is 4.90 Å². The fraction of sp³-hybridized carbons (Fsp3) is 0.588. The van der Waals surface area contributed by atoms with Crippen LogP contribution in [0.5, 0.6) is 0 Å². The smallest absolute Gasteiger partial charge is 0.225 e. The predicted octanol–water partition coefficient (Wildman–Crippen LogP) is 0.971. The molecule has 0 amide bonds. The molecule has 2 atom stereocenters. The fourth-order valence-corrected chi connectivity index (χ4v) is 5.44. The molecule has 1 N–H and O–H groups in total. The highest BCUT2D eigenvalue weighted by atomic mass is 32.2. The molecule has 2 aromatic rings. The summed E-state index contributed by atoms with van der Waals surface area (Å²) in [6.07, 6.45) is 0.698. The van der Waals surface area contributed by atoms with Crippen LogP contribution < -0.4 is 4.90 Å². The highest BCUT2D eigenvalue weighted by Gasteiger charge is 2.35. The molecule has 1 fully saturated rings. The number of nitrogens with zero attached hydrogens (tertiary/aromatic N) is 4. The topological polar surface area (TPSA) is 74.2 Å². The first-order valence-corrected chi connectivity index (χ1v) is 11.2. The lowest BCUT2D eigenvalue weighted by Gasteiger charge is -2.22. The molecule has 2 heterocycles. The molecule has 1 aliphatic heterocycles. The number of benzene rings is 1. The Bertz CT molecular complexity index is 915. The molecule has 0 radical (unpaired) electrons. The van der Waals surface area contributed by atoms with Gasteiger partial charge in [0.05, 0.1) is 18.0 Å². The van der Waals surface area contributed by atoms with Crippen molar-refractivity contribution in [2.45, 2.75) is 45.8 Å². The summed E-state index contributed by atoms with van der Waals surface area (Å²) >= 11 is 5.55. The van der Waals surface area contributed by atoms with E-state index >= 15 is 0 Å². The summed E-state index contributed by atoms with van der Waals surface area (Å²) in [5.74, 6) is 0.993. The molecule has 0 aliphatic carbocycles. The van der Waals surface area contributed by atoms with Gasteiger partial charge in [0.1, 0.15) is 11.8 Å². The summed E-state index contributed by atoms with van der Waals surface area (Å²) in [5, 5.41) is 8.40. The van der Waals surface area contributed by atoms with Gasteiger partial charge in [0.15, 0.2) is 16.5 Å². The highest BCUT2D eigenvalue weighted by molar-refractivity contribution is 7.91. The monoisotopic (exact) mass is 396 g/mol. The van der Waals surface area contributed by atoms with Gasteiger partial charge in [-0.1, -0.05) is 26.0 Å². The molecule has 3 rings (SSSR count). The maximum absolute atomic E-state index is 11.8. The highest BCUT2D eigenvalue weighted by Crippen LogP contribution is 2.16. The first-order valence-electron chi connectivity index (χ1n) is 8.99. The van der Waals surface area contributed by atoms with E-state index in [-0.39, 0.29) is 17.5 Å². The maximum atomic E-state index is 11.8. The van der Waals surface area contributed by atoms with Gasteiger partial charge in [-0.25, -0.2) is 8.42 Å². The molecule has 1 aromatic heterocycles. The van der Waals surface area contributed by atoms with Crippen molar-refractivity contribution in [2.24, 2.45) is 0 Å². The maximum Gasteiger partial charge on any atom is 0.225 e. The van der Waals surface area contributed by atoms with E-state index in [1.165, 1.54) is 10.5 Å². The predicted molar refractivity (Wildman–Crippen MR) is 103 cm³/mol. The van der Waals surface area contributed by atoms with E-state index in [2.05, 4.69) is 43.3 Å². The van der Waals surface area contributed by atoms with Crippen LogP contribution in [0.3, 0.4) is 0 Å². The van der Waals surface area contributed by atoms with Crippen LogP contribution in [0, 0.1) is 4.77 Å². The first kappa shape index (κ1) is 19.2. The Labute approximate surface area is 159 Å². The zero-order valence-corrected chi connectivity index (χ0v) is 17.1. The van der Waals surface area contributed by atoms with Gasteiger partial charge in [-0.2, -0.15) is 9.36 Å². The van der Waals surface area contributed by atoms with E-state index in [4.69, 9.17) is 12.2 Å². The van der Waals surface area contributed by atoms with E-state index in [9.17, 15) is 8.42 Å². The number of hydrogen-bond donors (Lipinski definition) is 1. The molecular weight excluding hydrogens is 370 g/mol. The number of tetrazole rings is 1. The minimum Gasteiger partial charge on any atom is -0.313 e. The average Bonchev–Trinajstić information content (AvgIpc) is 3.15. The third-order valence-electron chi connectivity index (χ3n) is 5.06. The van der Waals surface area contributed by atoms with Crippen molar-refractivity contribution in [2.75, 3.05) is 18.1 Å².